The molecule has 0 unspecified atom stereocenters. The maximum atomic E-state index is 3.57. The zero-order valence-corrected chi connectivity index (χ0v) is 14.2. The van der Waals surface area contributed by atoms with Crippen molar-refractivity contribution in [1.82, 2.24) is 10.2 Å². The van der Waals surface area contributed by atoms with Gasteiger partial charge in [-0.2, -0.15) is 0 Å². The van der Waals surface area contributed by atoms with Gasteiger partial charge in [0.1, 0.15) is 0 Å². The van der Waals surface area contributed by atoms with E-state index in [0.29, 0.717) is 0 Å². The van der Waals surface area contributed by atoms with Gasteiger partial charge in [0.2, 0.25) is 0 Å². The highest BCUT2D eigenvalue weighted by atomic mass is 32.1. The van der Waals surface area contributed by atoms with Crippen molar-refractivity contribution in [3.63, 3.8) is 0 Å². The molecular weight excluding hydrogens is 276 g/mol. The molecule has 0 aliphatic rings. The lowest BCUT2D eigenvalue weighted by molar-refractivity contribution is 0.294. The number of thiophene rings is 1. The summed E-state index contributed by atoms with van der Waals surface area (Å²) in [7, 11) is 0. The molecular formula is C18H26N2S. The SMILES string of the molecule is CCN(CC)Cc1ccccc1CNCc1ccc(C)s1. The van der Waals surface area contributed by atoms with Crippen molar-refractivity contribution in [1.29, 1.82) is 0 Å². The van der Waals surface area contributed by atoms with Gasteiger partial charge in [0.15, 0.2) is 0 Å². The molecule has 0 spiro atoms. The summed E-state index contributed by atoms with van der Waals surface area (Å²) in [6.45, 7) is 11.8. The number of rotatable bonds is 8. The van der Waals surface area contributed by atoms with Crippen LogP contribution >= 0.6 is 11.3 Å². The first-order chi connectivity index (χ1) is 10.2. The number of hydrogen-bond donors (Lipinski definition) is 1. The van der Waals surface area contributed by atoms with Gasteiger partial charge in [0.05, 0.1) is 0 Å². The fourth-order valence-electron chi connectivity index (χ4n) is 2.47. The minimum atomic E-state index is 0.939. The molecule has 0 fully saturated rings. The lowest BCUT2D eigenvalue weighted by atomic mass is 10.1. The quantitative estimate of drug-likeness (QED) is 0.786. The Balaban J connectivity index is 1.93. The van der Waals surface area contributed by atoms with Crippen LogP contribution in [0.15, 0.2) is 36.4 Å². The predicted octanol–water partition coefficient (Wildman–Crippen LogP) is 4.19. The average Bonchev–Trinajstić information content (AvgIpc) is 2.91. The summed E-state index contributed by atoms with van der Waals surface area (Å²) in [6, 6.07) is 13.2. The second-order valence-corrected chi connectivity index (χ2v) is 6.72. The second kappa shape index (κ2) is 8.32. The normalized spacial score (nSPS) is 11.2. The zero-order valence-electron chi connectivity index (χ0n) is 13.4. The number of benzene rings is 1. The minimum absolute atomic E-state index is 0.939. The van der Waals surface area contributed by atoms with Gasteiger partial charge in [-0.25, -0.2) is 0 Å². The molecule has 0 saturated carbocycles. The van der Waals surface area contributed by atoms with Crippen LogP contribution in [0.2, 0.25) is 0 Å². The first-order valence-electron chi connectivity index (χ1n) is 7.78. The van der Waals surface area contributed by atoms with Crippen molar-refractivity contribution in [3.8, 4) is 0 Å². The third-order valence-corrected chi connectivity index (χ3v) is 4.82. The Morgan fingerprint density at radius 2 is 1.67 bits per heavy atom. The average molecular weight is 302 g/mol. The van der Waals surface area contributed by atoms with Gasteiger partial charge in [-0.1, -0.05) is 38.1 Å². The molecule has 114 valence electrons. The molecule has 0 aliphatic heterocycles. The van der Waals surface area contributed by atoms with Gasteiger partial charge in [0.25, 0.3) is 0 Å². The van der Waals surface area contributed by atoms with E-state index in [1.807, 2.05) is 11.3 Å². The first kappa shape index (κ1) is 16.2. The molecule has 21 heavy (non-hydrogen) atoms. The Kier molecular flexibility index (Phi) is 6.43. The van der Waals surface area contributed by atoms with Gasteiger partial charge in [-0.15, -0.1) is 11.3 Å². The zero-order chi connectivity index (χ0) is 15.1. The van der Waals surface area contributed by atoms with E-state index in [1.165, 1.54) is 20.9 Å². The molecule has 0 aliphatic carbocycles. The molecule has 2 aromatic rings. The second-order valence-electron chi connectivity index (χ2n) is 5.35. The number of nitrogens with one attached hydrogen (secondary N) is 1. The van der Waals surface area contributed by atoms with E-state index in [1.54, 1.807) is 0 Å². The highest BCUT2D eigenvalue weighted by Crippen LogP contribution is 2.16. The smallest absolute Gasteiger partial charge is 0.0303 e. The summed E-state index contributed by atoms with van der Waals surface area (Å²) in [4.78, 5) is 5.25. The van der Waals surface area contributed by atoms with Gasteiger partial charge >= 0.3 is 0 Å². The van der Waals surface area contributed by atoms with Crippen molar-refractivity contribution in [2.45, 2.75) is 40.4 Å². The Bertz CT molecular complexity index is 544. The fraction of sp³-hybridized carbons (Fsp3) is 0.444. The van der Waals surface area contributed by atoms with Crippen LogP contribution in [0.4, 0.5) is 0 Å². The van der Waals surface area contributed by atoms with Crippen LogP contribution in [0.3, 0.4) is 0 Å². The number of aryl methyl sites for hydroxylation is 1. The maximum absolute atomic E-state index is 3.57. The summed E-state index contributed by atoms with van der Waals surface area (Å²) in [5, 5.41) is 3.57. The highest BCUT2D eigenvalue weighted by Gasteiger charge is 2.06. The van der Waals surface area contributed by atoms with Crippen molar-refractivity contribution in [2.24, 2.45) is 0 Å². The lowest BCUT2D eigenvalue weighted by Crippen LogP contribution is -2.23. The third kappa shape index (κ3) is 4.95. The molecule has 0 amide bonds. The molecule has 3 heteroatoms. The van der Waals surface area contributed by atoms with Crippen molar-refractivity contribution < 1.29 is 0 Å². The topological polar surface area (TPSA) is 15.3 Å². The molecule has 0 saturated heterocycles. The molecule has 1 heterocycles. The Morgan fingerprint density at radius 3 is 2.29 bits per heavy atom. The number of nitrogens with zero attached hydrogens (tertiary/aromatic N) is 1. The lowest BCUT2D eigenvalue weighted by Gasteiger charge is -2.20. The Hall–Kier alpha value is -1.16. The van der Waals surface area contributed by atoms with E-state index in [-0.39, 0.29) is 0 Å². The summed E-state index contributed by atoms with van der Waals surface area (Å²) in [5.41, 5.74) is 2.86. The van der Waals surface area contributed by atoms with Crippen LogP contribution in [-0.4, -0.2) is 18.0 Å². The van der Waals surface area contributed by atoms with Crippen molar-refractivity contribution >= 4 is 11.3 Å². The molecule has 0 radical (unpaired) electrons. The van der Waals surface area contributed by atoms with Crippen LogP contribution in [0.5, 0.6) is 0 Å². The van der Waals surface area contributed by atoms with E-state index in [9.17, 15) is 0 Å². The molecule has 2 rings (SSSR count). The van der Waals surface area contributed by atoms with Crippen LogP contribution in [0.1, 0.15) is 34.7 Å². The van der Waals surface area contributed by atoms with Crippen molar-refractivity contribution in [3.05, 3.63) is 57.3 Å². The molecule has 0 atom stereocenters. The minimum Gasteiger partial charge on any atom is -0.308 e. The monoisotopic (exact) mass is 302 g/mol. The van der Waals surface area contributed by atoms with Gasteiger partial charge in [-0.05, 0) is 43.3 Å². The number of hydrogen-bond acceptors (Lipinski definition) is 3. The predicted molar refractivity (Wildman–Crippen MR) is 92.7 cm³/mol. The highest BCUT2D eigenvalue weighted by molar-refractivity contribution is 7.11. The Labute approximate surface area is 132 Å². The van der Waals surface area contributed by atoms with Gasteiger partial charge in [0, 0.05) is 29.4 Å². The summed E-state index contributed by atoms with van der Waals surface area (Å²) < 4.78 is 0. The molecule has 0 bridgehead atoms. The van der Waals surface area contributed by atoms with E-state index in [2.05, 4.69) is 67.4 Å². The van der Waals surface area contributed by atoms with Crippen LogP contribution < -0.4 is 5.32 Å². The standard InChI is InChI=1S/C18H26N2S/c1-4-20(5-2)14-17-9-7-6-8-16(17)12-19-13-18-11-10-15(3)21-18/h6-11,19H,4-5,12-14H2,1-3H3. The van der Waals surface area contributed by atoms with Crippen LogP contribution in [0, 0.1) is 6.92 Å². The maximum Gasteiger partial charge on any atom is 0.0303 e. The van der Waals surface area contributed by atoms with Crippen molar-refractivity contribution in [2.75, 3.05) is 13.1 Å². The van der Waals surface area contributed by atoms with E-state index < -0.39 is 0 Å². The Morgan fingerprint density at radius 1 is 0.952 bits per heavy atom. The van der Waals surface area contributed by atoms with E-state index in [4.69, 9.17) is 0 Å². The largest absolute Gasteiger partial charge is 0.308 e. The molecule has 1 aromatic carbocycles. The summed E-state index contributed by atoms with van der Waals surface area (Å²) in [5.74, 6) is 0. The van der Waals surface area contributed by atoms with Crippen LogP contribution in [-0.2, 0) is 19.6 Å². The first-order valence-corrected chi connectivity index (χ1v) is 8.59. The fourth-order valence-corrected chi connectivity index (χ4v) is 3.33. The van der Waals surface area contributed by atoms with Gasteiger partial charge in [-0.3, -0.25) is 4.90 Å². The molecule has 2 nitrogen and oxygen atoms in total. The van der Waals surface area contributed by atoms with Gasteiger partial charge < -0.3 is 5.32 Å². The molecule has 1 aromatic heterocycles. The third-order valence-electron chi connectivity index (χ3n) is 3.82. The van der Waals surface area contributed by atoms with E-state index in [0.717, 1.165) is 32.7 Å². The van der Waals surface area contributed by atoms with Crippen LogP contribution in [0.25, 0.3) is 0 Å². The summed E-state index contributed by atoms with van der Waals surface area (Å²) in [6.07, 6.45) is 0. The molecule has 1 N–H and O–H groups in total. The van der Waals surface area contributed by atoms with E-state index >= 15 is 0 Å². The summed E-state index contributed by atoms with van der Waals surface area (Å²) >= 11 is 1.87.